The van der Waals surface area contributed by atoms with Crippen LogP contribution in [0.15, 0.2) is 182 Å². The van der Waals surface area contributed by atoms with Gasteiger partial charge in [0.2, 0.25) is 0 Å². The molecule has 10 rings (SSSR count). The number of aromatic nitrogens is 2. The number of hydrogen-bond acceptors (Lipinski definition) is 3. The fourth-order valence-corrected chi connectivity index (χ4v) is 8.56. The number of rotatable bonds is 5. The van der Waals surface area contributed by atoms with Crippen molar-refractivity contribution in [2.45, 2.75) is 0 Å². The van der Waals surface area contributed by atoms with Gasteiger partial charge in [-0.3, -0.25) is 0 Å². The molecule has 8 aromatic carbocycles. The van der Waals surface area contributed by atoms with Crippen molar-refractivity contribution in [2.24, 2.45) is 0 Å². The lowest BCUT2D eigenvalue weighted by Crippen LogP contribution is -1.97. The number of benzene rings is 8. The molecule has 0 aliphatic heterocycles. The van der Waals surface area contributed by atoms with Gasteiger partial charge in [0.15, 0.2) is 5.82 Å². The van der Waals surface area contributed by atoms with E-state index in [4.69, 9.17) is 9.97 Å². The molecule has 0 N–H and O–H groups in total. The molecule has 0 saturated heterocycles. The van der Waals surface area contributed by atoms with E-state index < -0.39 is 0 Å². The molecule has 0 amide bonds. The zero-order valence-corrected chi connectivity index (χ0v) is 28.4. The molecule has 238 valence electrons. The Bertz CT molecular complexity index is 2910. The Morgan fingerprint density at radius 2 is 0.922 bits per heavy atom. The summed E-state index contributed by atoms with van der Waals surface area (Å²) in [6.07, 6.45) is 0. The Kier molecular flexibility index (Phi) is 7.04. The number of hydrogen-bond donors (Lipinski definition) is 0. The minimum Gasteiger partial charge on any atom is -0.228 e. The quantitative estimate of drug-likeness (QED) is 0.183. The van der Waals surface area contributed by atoms with Crippen LogP contribution in [0.25, 0.3) is 97.9 Å². The molecule has 0 radical (unpaired) electrons. The van der Waals surface area contributed by atoms with Gasteiger partial charge in [0, 0.05) is 36.9 Å². The van der Waals surface area contributed by atoms with Gasteiger partial charge in [0.05, 0.1) is 11.4 Å². The zero-order valence-electron chi connectivity index (χ0n) is 27.6. The van der Waals surface area contributed by atoms with Gasteiger partial charge < -0.3 is 0 Å². The van der Waals surface area contributed by atoms with E-state index in [-0.39, 0.29) is 0 Å². The highest BCUT2D eigenvalue weighted by Gasteiger charge is 2.16. The first-order chi connectivity index (χ1) is 25.3. The smallest absolute Gasteiger partial charge is 0.160 e. The standard InChI is InChI=1S/C48H30N2S/c1-3-12-31(13-4-1)37-26-27-41(40-17-8-7-16-39(37)40)44-30-43(32-14-5-2-6-15-32)49-48(50-44)36-25-23-33-28-35(24-22-34(33)29-36)38-19-11-21-46-47(38)42-18-9-10-20-45(42)51-46/h1-30H. The summed E-state index contributed by atoms with van der Waals surface area (Å²) < 4.78 is 2.64. The second-order valence-corrected chi connectivity index (χ2v) is 14.0. The average molecular weight is 667 g/mol. The maximum absolute atomic E-state index is 5.27. The highest BCUT2D eigenvalue weighted by atomic mass is 32.1. The van der Waals surface area contributed by atoms with Crippen molar-refractivity contribution in [2.75, 3.05) is 0 Å². The molecular weight excluding hydrogens is 637 g/mol. The summed E-state index contributed by atoms with van der Waals surface area (Å²) in [5, 5.41) is 7.37. The molecule has 0 fully saturated rings. The van der Waals surface area contributed by atoms with Gasteiger partial charge in [0.1, 0.15) is 0 Å². The number of fused-ring (bicyclic) bond motifs is 5. The largest absolute Gasteiger partial charge is 0.228 e. The third kappa shape index (κ3) is 5.18. The lowest BCUT2D eigenvalue weighted by Gasteiger charge is -2.14. The van der Waals surface area contributed by atoms with Crippen LogP contribution in [0.1, 0.15) is 0 Å². The van der Waals surface area contributed by atoms with Crippen molar-refractivity contribution in [1.29, 1.82) is 0 Å². The molecule has 0 aliphatic rings. The average Bonchev–Trinajstić information content (AvgIpc) is 3.60. The molecule has 0 atom stereocenters. The van der Waals surface area contributed by atoms with E-state index in [1.54, 1.807) is 0 Å². The Morgan fingerprint density at radius 3 is 1.71 bits per heavy atom. The maximum atomic E-state index is 5.27. The van der Waals surface area contributed by atoms with Crippen molar-refractivity contribution < 1.29 is 0 Å². The molecule has 2 nitrogen and oxygen atoms in total. The van der Waals surface area contributed by atoms with Crippen molar-refractivity contribution in [3.05, 3.63) is 182 Å². The Hall–Kier alpha value is -6.42. The number of thiophene rings is 1. The van der Waals surface area contributed by atoms with E-state index in [1.165, 1.54) is 58.6 Å². The first-order valence-corrected chi connectivity index (χ1v) is 18.1. The fourth-order valence-electron chi connectivity index (χ4n) is 7.43. The molecule has 0 spiro atoms. The van der Waals surface area contributed by atoms with Crippen LogP contribution in [0.3, 0.4) is 0 Å². The normalized spacial score (nSPS) is 11.5. The SMILES string of the molecule is c1ccc(-c2cc(-c3ccc(-c4ccccc4)c4ccccc34)nc(-c3ccc4cc(-c5cccc6sc7ccccc7c56)ccc4c3)n2)cc1. The van der Waals surface area contributed by atoms with E-state index in [0.717, 1.165) is 33.5 Å². The molecule has 0 bridgehead atoms. The molecule has 0 saturated carbocycles. The van der Waals surface area contributed by atoms with E-state index in [2.05, 4.69) is 176 Å². The third-order valence-corrected chi connectivity index (χ3v) is 11.0. The first-order valence-electron chi connectivity index (χ1n) is 17.2. The summed E-state index contributed by atoms with van der Waals surface area (Å²) in [7, 11) is 0. The second kappa shape index (κ2) is 12.2. The highest BCUT2D eigenvalue weighted by molar-refractivity contribution is 7.25. The van der Waals surface area contributed by atoms with Gasteiger partial charge in [0.25, 0.3) is 0 Å². The Morgan fingerprint density at radius 1 is 0.333 bits per heavy atom. The van der Waals surface area contributed by atoms with Gasteiger partial charge in [-0.15, -0.1) is 11.3 Å². The highest BCUT2D eigenvalue weighted by Crippen LogP contribution is 2.41. The van der Waals surface area contributed by atoms with Crippen molar-refractivity contribution in [3.8, 4) is 56.2 Å². The minimum absolute atomic E-state index is 0.711. The lowest BCUT2D eigenvalue weighted by atomic mass is 9.93. The van der Waals surface area contributed by atoms with Gasteiger partial charge in [-0.05, 0) is 74.1 Å². The summed E-state index contributed by atoms with van der Waals surface area (Å²) >= 11 is 1.86. The zero-order chi connectivity index (χ0) is 33.7. The summed E-state index contributed by atoms with van der Waals surface area (Å²) in [5.74, 6) is 0.711. The Balaban J connectivity index is 1.11. The van der Waals surface area contributed by atoms with E-state index in [1.807, 2.05) is 17.4 Å². The van der Waals surface area contributed by atoms with E-state index in [0.29, 0.717) is 5.82 Å². The number of nitrogens with zero attached hydrogens (tertiary/aromatic N) is 2. The molecule has 10 aromatic rings. The minimum atomic E-state index is 0.711. The van der Waals surface area contributed by atoms with Gasteiger partial charge >= 0.3 is 0 Å². The molecule has 0 unspecified atom stereocenters. The Labute approximate surface area is 300 Å². The first kappa shape index (κ1) is 29.5. The van der Waals surface area contributed by atoms with Crippen LogP contribution < -0.4 is 0 Å². The maximum Gasteiger partial charge on any atom is 0.160 e. The van der Waals surface area contributed by atoms with Crippen molar-refractivity contribution >= 4 is 53.1 Å². The van der Waals surface area contributed by atoms with Crippen LogP contribution in [0.5, 0.6) is 0 Å². The molecule has 0 aliphatic carbocycles. The van der Waals surface area contributed by atoms with Gasteiger partial charge in [-0.25, -0.2) is 9.97 Å². The predicted octanol–water partition coefficient (Wildman–Crippen LogP) is 13.5. The molecule has 2 aromatic heterocycles. The summed E-state index contributed by atoms with van der Waals surface area (Å²) in [5.41, 5.74) is 9.85. The molecule has 3 heteroatoms. The fraction of sp³-hybridized carbons (Fsp3) is 0. The van der Waals surface area contributed by atoms with E-state index in [9.17, 15) is 0 Å². The monoisotopic (exact) mass is 666 g/mol. The summed E-state index contributed by atoms with van der Waals surface area (Å²) in [6.45, 7) is 0. The van der Waals surface area contributed by atoms with Crippen LogP contribution in [0.2, 0.25) is 0 Å². The van der Waals surface area contributed by atoms with Crippen LogP contribution in [0.4, 0.5) is 0 Å². The van der Waals surface area contributed by atoms with Crippen LogP contribution >= 0.6 is 11.3 Å². The summed E-state index contributed by atoms with van der Waals surface area (Å²) in [4.78, 5) is 10.4. The van der Waals surface area contributed by atoms with E-state index >= 15 is 0 Å². The molecule has 51 heavy (non-hydrogen) atoms. The third-order valence-electron chi connectivity index (χ3n) is 9.89. The summed E-state index contributed by atoms with van der Waals surface area (Å²) in [6, 6.07) is 65.0. The predicted molar refractivity (Wildman–Crippen MR) is 217 cm³/mol. The van der Waals surface area contributed by atoms with Crippen molar-refractivity contribution in [3.63, 3.8) is 0 Å². The topological polar surface area (TPSA) is 25.8 Å². The molecular formula is C48H30N2S. The van der Waals surface area contributed by atoms with Gasteiger partial charge in [-0.1, -0.05) is 152 Å². The van der Waals surface area contributed by atoms with Crippen LogP contribution in [-0.4, -0.2) is 9.97 Å². The molecule has 2 heterocycles. The second-order valence-electron chi connectivity index (χ2n) is 13.0. The van der Waals surface area contributed by atoms with Crippen molar-refractivity contribution in [1.82, 2.24) is 9.97 Å². The van der Waals surface area contributed by atoms with Crippen LogP contribution in [0, 0.1) is 0 Å². The van der Waals surface area contributed by atoms with Crippen LogP contribution in [-0.2, 0) is 0 Å². The lowest BCUT2D eigenvalue weighted by molar-refractivity contribution is 1.19. The van der Waals surface area contributed by atoms with Gasteiger partial charge in [-0.2, -0.15) is 0 Å².